The number of anilines is 1. The standard InChI is InChI=1S/C16H19N3O2S/c1-2-11-5-3-4-6-13(11)19-10-12(9-14(19)20)15(21)18-16-17-7-8-22-16/h3-6,12H,2,7-10H2,1H3,(H,17,18,21)/t12-/m0/s1. The maximum Gasteiger partial charge on any atom is 0.231 e. The van der Waals surface area contributed by atoms with Gasteiger partial charge < -0.3 is 10.2 Å². The number of nitrogens with zero attached hydrogens (tertiary/aromatic N) is 2. The predicted molar refractivity (Wildman–Crippen MR) is 89.2 cm³/mol. The second-order valence-corrected chi connectivity index (χ2v) is 6.50. The minimum Gasteiger partial charge on any atom is -0.311 e. The molecule has 1 saturated heterocycles. The lowest BCUT2D eigenvalue weighted by atomic mass is 10.1. The highest BCUT2D eigenvalue weighted by molar-refractivity contribution is 8.14. The molecule has 2 amide bonds. The van der Waals surface area contributed by atoms with Gasteiger partial charge in [0.15, 0.2) is 5.17 Å². The van der Waals surface area contributed by atoms with Crippen molar-refractivity contribution >= 4 is 34.4 Å². The molecule has 0 saturated carbocycles. The number of thioether (sulfide) groups is 1. The fourth-order valence-corrected chi connectivity index (χ4v) is 3.54. The molecule has 0 aliphatic carbocycles. The summed E-state index contributed by atoms with van der Waals surface area (Å²) in [5, 5.41) is 3.52. The first-order valence-corrected chi connectivity index (χ1v) is 8.54. The molecule has 22 heavy (non-hydrogen) atoms. The van der Waals surface area contributed by atoms with Gasteiger partial charge in [0.1, 0.15) is 0 Å². The van der Waals surface area contributed by atoms with Crippen molar-refractivity contribution in [3.8, 4) is 0 Å². The number of benzene rings is 1. The van der Waals surface area contributed by atoms with E-state index in [4.69, 9.17) is 0 Å². The van der Waals surface area contributed by atoms with Gasteiger partial charge in [-0.3, -0.25) is 14.6 Å². The van der Waals surface area contributed by atoms with Crippen LogP contribution in [0.2, 0.25) is 0 Å². The molecule has 0 bridgehead atoms. The van der Waals surface area contributed by atoms with E-state index in [2.05, 4.69) is 17.2 Å². The first-order valence-electron chi connectivity index (χ1n) is 7.55. The lowest BCUT2D eigenvalue weighted by Crippen LogP contribution is -2.35. The van der Waals surface area contributed by atoms with Gasteiger partial charge in [0.25, 0.3) is 0 Å². The van der Waals surface area contributed by atoms with Crippen LogP contribution in [-0.4, -0.2) is 35.8 Å². The van der Waals surface area contributed by atoms with Gasteiger partial charge in [0, 0.05) is 24.4 Å². The van der Waals surface area contributed by atoms with Gasteiger partial charge in [-0.1, -0.05) is 36.9 Å². The zero-order valence-corrected chi connectivity index (χ0v) is 13.4. The van der Waals surface area contributed by atoms with Crippen molar-refractivity contribution in [1.82, 2.24) is 5.32 Å². The van der Waals surface area contributed by atoms with Gasteiger partial charge >= 0.3 is 0 Å². The average Bonchev–Trinajstić information content (AvgIpc) is 3.16. The maximum absolute atomic E-state index is 12.3. The van der Waals surface area contributed by atoms with Gasteiger partial charge in [-0.15, -0.1) is 0 Å². The summed E-state index contributed by atoms with van der Waals surface area (Å²) in [5.41, 5.74) is 2.06. The summed E-state index contributed by atoms with van der Waals surface area (Å²) in [6, 6.07) is 7.88. The Hall–Kier alpha value is -1.82. The van der Waals surface area contributed by atoms with Gasteiger partial charge in [-0.2, -0.15) is 0 Å². The number of carbonyl (C=O) groups excluding carboxylic acids is 2. The Bertz CT molecular complexity index is 630. The number of aryl methyl sites for hydroxylation is 1. The van der Waals surface area contributed by atoms with Crippen LogP contribution >= 0.6 is 11.8 Å². The number of carbonyl (C=O) groups is 2. The van der Waals surface area contributed by atoms with Crippen molar-refractivity contribution in [2.75, 3.05) is 23.7 Å². The molecule has 116 valence electrons. The van der Waals surface area contributed by atoms with E-state index in [1.165, 1.54) is 0 Å². The van der Waals surface area contributed by atoms with Crippen molar-refractivity contribution < 1.29 is 9.59 Å². The minimum absolute atomic E-state index is 0.0158. The van der Waals surface area contributed by atoms with E-state index >= 15 is 0 Å². The van der Waals surface area contributed by atoms with Crippen molar-refractivity contribution in [2.45, 2.75) is 19.8 Å². The smallest absolute Gasteiger partial charge is 0.231 e. The number of hydrogen-bond acceptors (Lipinski definition) is 4. The zero-order chi connectivity index (χ0) is 15.5. The molecule has 3 rings (SSSR count). The molecular formula is C16H19N3O2S. The molecule has 5 nitrogen and oxygen atoms in total. The molecule has 2 aliphatic heterocycles. The minimum atomic E-state index is -0.304. The zero-order valence-electron chi connectivity index (χ0n) is 12.5. The van der Waals surface area contributed by atoms with Crippen LogP contribution in [0.1, 0.15) is 18.9 Å². The summed E-state index contributed by atoms with van der Waals surface area (Å²) in [6.07, 6.45) is 1.13. The van der Waals surface area contributed by atoms with E-state index in [-0.39, 0.29) is 24.2 Å². The van der Waals surface area contributed by atoms with Crippen LogP contribution in [0.4, 0.5) is 5.69 Å². The Balaban J connectivity index is 1.71. The highest BCUT2D eigenvalue weighted by atomic mass is 32.2. The SMILES string of the molecule is CCc1ccccc1N1C[C@@H](C(=O)NC2=NCCS2)CC1=O. The van der Waals surface area contributed by atoms with Crippen LogP contribution in [0.5, 0.6) is 0 Å². The largest absolute Gasteiger partial charge is 0.311 e. The Labute approximate surface area is 134 Å². The highest BCUT2D eigenvalue weighted by Gasteiger charge is 2.36. The topological polar surface area (TPSA) is 61.8 Å². The first kappa shape index (κ1) is 15.1. The first-order chi connectivity index (χ1) is 10.7. The molecular weight excluding hydrogens is 298 g/mol. The third-order valence-corrected chi connectivity index (χ3v) is 4.87. The molecule has 0 unspecified atom stereocenters. The van der Waals surface area contributed by atoms with E-state index in [0.29, 0.717) is 11.7 Å². The van der Waals surface area contributed by atoms with Crippen LogP contribution < -0.4 is 10.2 Å². The third kappa shape index (κ3) is 3.02. The molecule has 1 N–H and O–H groups in total. The summed E-state index contributed by atoms with van der Waals surface area (Å²) in [4.78, 5) is 30.6. The van der Waals surface area contributed by atoms with Crippen LogP contribution in [0.15, 0.2) is 29.3 Å². The summed E-state index contributed by atoms with van der Waals surface area (Å²) in [5.74, 6) is 0.524. The quantitative estimate of drug-likeness (QED) is 0.925. The maximum atomic E-state index is 12.3. The van der Waals surface area contributed by atoms with Crippen molar-refractivity contribution in [2.24, 2.45) is 10.9 Å². The average molecular weight is 317 g/mol. The van der Waals surface area contributed by atoms with Crippen LogP contribution in [0.25, 0.3) is 0 Å². The second kappa shape index (κ2) is 6.52. The Morgan fingerprint density at radius 2 is 2.27 bits per heavy atom. The number of amidine groups is 1. The fraction of sp³-hybridized carbons (Fsp3) is 0.438. The lowest BCUT2D eigenvalue weighted by Gasteiger charge is -2.19. The monoisotopic (exact) mass is 317 g/mol. The van der Waals surface area contributed by atoms with Crippen molar-refractivity contribution in [3.05, 3.63) is 29.8 Å². The number of para-hydroxylation sites is 1. The summed E-state index contributed by atoms with van der Waals surface area (Å²) in [6.45, 7) is 3.26. The number of amides is 2. The summed E-state index contributed by atoms with van der Waals surface area (Å²) in [7, 11) is 0. The van der Waals surface area contributed by atoms with Crippen LogP contribution in [0.3, 0.4) is 0 Å². The Kier molecular flexibility index (Phi) is 4.47. The molecule has 1 fully saturated rings. The molecule has 1 aromatic carbocycles. The van der Waals surface area contributed by atoms with Gasteiger partial charge in [0.05, 0.1) is 12.5 Å². The molecule has 0 aromatic heterocycles. The number of nitrogens with one attached hydrogen (secondary N) is 1. The fourth-order valence-electron chi connectivity index (χ4n) is 2.81. The van der Waals surface area contributed by atoms with E-state index in [1.54, 1.807) is 16.7 Å². The Morgan fingerprint density at radius 3 is 3.00 bits per heavy atom. The van der Waals surface area contributed by atoms with Crippen molar-refractivity contribution in [3.63, 3.8) is 0 Å². The van der Waals surface area contributed by atoms with Crippen molar-refractivity contribution in [1.29, 1.82) is 0 Å². The molecule has 1 atom stereocenters. The summed E-state index contributed by atoms with van der Waals surface area (Å²) < 4.78 is 0. The Morgan fingerprint density at radius 1 is 1.45 bits per heavy atom. The normalized spacial score (nSPS) is 21.1. The number of aliphatic imine (C=N–C) groups is 1. The lowest BCUT2D eigenvalue weighted by molar-refractivity contribution is -0.125. The van der Waals surface area contributed by atoms with Gasteiger partial charge in [0.2, 0.25) is 11.8 Å². The van der Waals surface area contributed by atoms with E-state index in [9.17, 15) is 9.59 Å². The van der Waals surface area contributed by atoms with Crippen LogP contribution in [0, 0.1) is 5.92 Å². The predicted octanol–water partition coefficient (Wildman–Crippen LogP) is 1.82. The van der Waals surface area contributed by atoms with E-state index in [0.717, 1.165) is 30.0 Å². The van der Waals surface area contributed by atoms with Crippen LogP contribution in [-0.2, 0) is 16.0 Å². The molecule has 0 spiro atoms. The molecule has 0 radical (unpaired) electrons. The third-order valence-electron chi connectivity index (χ3n) is 3.97. The summed E-state index contributed by atoms with van der Waals surface area (Å²) >= 11 is 1.55. The second-order valence-electron chi connectivity index (χ2n) is 5.41. The molecule has 6 heteroatoms. The number of hydrogen-bond donors (Lipinski definition) is 1. The van der Waals surface area contributed by atoms with E-state index < -0.39 is 0 Å². The van der Waals surface area contributed by atoms with Gasteiger partial charge in [-0.05, 0) is 18.1 Å². The van der Waals surface area contributed by atoms with E-state index in [1.807, 2.05) is 24.3 Å². The number of rotatable bonds is 3. The highest BCUT2D eigenvalue weighted by Crippen LogP contribution is 2.28. The molecule has 2 aliphatic rings. The molecule has 1 aromatic rings. The molecule has 2 heterocycles. The van der Waals surface area contributed by atoms with Gasteiger partial charge in [-0.25, -0.2) is 0 Å².